The van der Waals surface area contributed by atoms with Crippen molar-refractivity contribution in [1.29, 1.82) is 0 Å². The maximum Gasteiger partial charge on any atom is 0.324 e. The highest BCUT2D eigenvalue weighted by Gasteiger charge is 2.68. The fourth-order valence-corrected chi connectivity index (χ4v) is 4.98. The topological polar surface area (TPSA) is 52.6 Å². The number of carbonyl (C=O) groups excluding carboxylic acids is 2. The third-order valence-electron chi connectivity index (χ3n) is 6.56. The first-order valence-corrected chi connectivity index (χ1v) is 9.17. The quantitative estimate of drug-likeness (QED) is 0.567. The molecule has 4 heteroatoms. The molecule has 0 N–H and O–H groups in total. The number of hydrogen-bond acceptors (Lipinski definition) is 4. The monoisotopic (exact) mass is 324 g/mol. The third kappa shape index (κ3) is 2.78. The van der Waals surface area contributed by atoms with Crippen molar-refractivity contribution in [3.05, 3.63) is 0 Å². The summed E-state index contributed by atoms with van der Waals surface area (Å²) in [7, 11) is 0. The molecule has 132 valence electrons. The van der Waals surface area contributed by atoms with Crippen molar-refractivity contribution in [3.63, 3.8) is 0 Å². The Kier molecular flexibility index (Phi) is 5.42. The Morgan fingerprint density at radius 3 is 2.09 bits per heavy atom. The lowest BCUT2D eigenvalue weighted by Gasteiger charge is -2.48. The van der Waals surface area contributed by atoms with Gasteiger partial charge >= 0.3 is 11.9 Å². The van der Waals surface area contributed by atoms with E-state index in [-0.39, 0.29) is 17.4 Å². The van der Waals surface area contributed by atoms with Crippen LogP contribution in [0, 0.1) is 28.6 Å². The molecule has 2 aliphatic rings. The Labute approximate surface area is 140 Å². The first-order chi connectivity index (χ1) is 10.8. The molecule has 2 rings (SSSR count). The fraction of sp³-hybridized carbons (Fsp3) is 0.895. The summed E-state index contributed by atoms with van der Waals surface area (Å²) >= 11 is 0. The molecule has 2 aliphatic carbocycles. The van der Waals surface area contributed by atoms with Crippen LogP contribution < -0.4 is 0 Å². The molecule has 0 aromatic heterocycles. The second-order valence-corrected chi connectivity index (χ2v) is 7.78. The molecular formula is C19H32O4. The molecule has 0 aromatic rings. The zero-order valence-electron chi connectivity index (χ0n) is 15.3. The minimum atomic E-state index is -1.11. The molecular weight excluding hydrogens is 292 g/mol. The SMILES string of the molecule is CCOC(=O)C1(C(=O)OCC)CC[C@@H]2C[C@@H](C(C)C)CC[C@@]21C. The number of ether oxygens (including phenoxy) is 2. The maximum atomic E-state index is 12.8. The van der Waals surface area contributed by atoms with Gasteiger partial charge in [0.25, 0.3) is 0 Å². The minimum absolute atomic E-state index is 0.301. The Balaban J connectivity index is 2.36. The summed E-state index contributed by atoms with van der Waals surface area (Å²) in [6.45, 7) is 10.8. The van der Waals surface area contributed by atoms with Gasteiger partial charge in [-0.25, -0.2) is 0 Å². The molecule has 0 heterocycles. The van der Waals surface area contributed by atoms with Crippen LogP contribution in [0.15, 0.2) is 0 Å². The number of fused-ring (bicyclic) bond motifs is 1. The van der Waals surface area contributed by atoms with E-state index in [0.717, 1.165) is 25.7 Å². The average molecular weight is 324 g/mol. The van der Waals surface area contributed by atoms with Gasteiger partial charge in [0.15, 0.2) is 5.41 Å². The number of carbonyl (C=O) groups is 2. The van der Waals surface area contributed by atoms with Crippen molar-refractivity contribution in [3.8, 4) is 0 Å². The van der Waals surface area contributed by atoms with E-state index in [4.69, 9.17) is 9.47 Å². The van der Waals surface area contributed by atoms with Crippen LogP contribution in [0.5, 0.6) is 0 Å². The minimum Gasteiger partial charge on any atom is -0.465 e. The van der Waals surface area contributed by atoms with E-state index in [9.17, 15) is 9.59 Å². The smallest absolute Gasteiger partial charge is 0.324 e. The molecule has 0 unspecified atom stereocenters. The van der Waals surface area contributed by atoms with Gasteiger partial charge in [-0.3, -0.25) is 9.59 Å². The van der Waals surface area contributed by atoms with Crippen LogP contribution in [-0.4, -0.2) is 25.2 Å². The lowest BCUT2D eigenvalue weighted by molar-refractivity contribution is -0.184. The molecule has 0 aromatic carbocycles. The van der Waals surface area contributed by atoms with Gasteiger partial charge < -0.3 is 9.47 Å². The first-order valence-electron chi connectivity index (χ1n) is 9.17. The van der Waals surface area contributed by atoms with E-state index in [2.05, 4.69) is 20.8 Å². The number of hydrogen-bond donors (Lipinski definition) is 0. The molecule has 4 nitrogen and oxygen atoms in total. The van der Waals surface area contributed by atoms with Crippen LogP contribution in [0.2, 0.25) is 0 Å². The van der Waals surface area contributed by atoms with Crippen molar-refractivity contribution in [1.82, 2.24) is 0 Å². The van der Waals surface area contributed by atoms with E-state index < -0.39 is 5.41 Å². The Morgan fingerprint density at radius 2 is 1.61 bits per heavy atom. The van der Waals surface area contributed by atoms with Gasteiger partial charge in [-0.05, 0) is 69.1 Å². The highest BCUT2D eigenvalue weighted by molar-refractivity contribution is 6.01. The lowest BCUT2D eigenvalue weighted by atomic mass is 9.55. The van der Waals surface area contributed by atoms with Gasteiger partial charge in [-0.2, -0.15) is 0 Å². The molecule has 0 saturated heterocycles. The van der Waals surface area contributed by atoms with E-state index in [0.29, 0.717) is 37.4 Å². The normalized spacial score (nSPS) is 32.4. The average Bonchev–Trinajstić information content (AvgIpc) is 2.80. The molecule has 0 radical (unpaired) electrons. The van der Waals surface area contributed by atoms with Crippen molar-refractivity contribution >= 4 is 11.9 Å². The summed E-state index contributed by atoms with van der Waals surface area (Å²) in [5, 5.41) is 0. The van der Waals surface area contributed by atoms with Gasteiger partial charge in [0.2, 0.25) is 0 Å². The van der Waals surface area contributed by atoms with Crippen molar-refractivity contribution in [2.45, 2.75) is 66.7 Å². The van der Waals surface area contributed by atoms with E-state index >= 15 is 0 Å². The molecule has 23 heavy (non-hydrogen) atoms. The third-order valence-corrected chi connectivity index (χ3v) is 6.56. The molecule has 2 fully saturated rings. The Hall–Kier alpha value is -1.06. The van der Waals surface area contributed by atoms with Gasteiger partial charge in [0, 0.05) is 0 Å². The molecule has 2 saturated carbocycles. The Morgan fingerprint density at radius 1 is 1.04 bits per heavy atom. The molecule has 3 atom stereocenters. The van der Waals surface area contributed by atoms with Crippen LogP contribution in [0.1, 0.15) is 66.7 Å². The summed E-state index contributed by atoms with van der Waals surface area (Å²) in [6.07, 6.45) is 4.56. The van der Waals surface area contributed by atoms with E-state index in [1.54, 1.807) is 13.8 Å². The zero-order chi connectivity index (χ0) is 17.3. The standard InChI is InChI=1S/C19H32O4/c1-6-22-16(20)19(17(21)23-7-2)11-9-15-12-14(13(3)4)8-10-18(15,19)5/h13-15H,6-12H2,1-5H3/t14-,15+,18-/m0/s1. The molecule has 0 amide bonds. The predicted molar refractivity (Wildman–Crippen MR) is 88.7 cm³/mol. The number of esters is 2. The van der Waals surface area contributed by atoms with Gasteiger partial charge in [0.05, 0.1) is 13.2 Å². The van der Waals surface area contributed by atoms with Crippen molar-refractivity contribution in [2.24, 2.45) is 28.6 Å². The lowest BCUT2D eigenvalue weighted by Crippen LogP contribution is -2.53. The predicted octanol–water partition coefficient (Wildman–Crippen LogP) is 3.97. The highest BCUT2D eigenvalue weighted by atomic mass is 16.6. The van der Waals surface area contributed by atoms with Crippen LogP contribution in [0.3, 0.4) is 0 Å². The fourth-order valence-electron chi connectivity index (χ4n) is 4.98. The molecule has 0 spiro atoms. The number of rotatable bonds is 5. The van der Waals surface area contributed by atoms with Gasteiger partial charge in [0.1, 0.15) is 0 Å². The van der Waals surface area contributed by atoms with Crippen LogP contribution in [0.25, 0.3) is 0 Å². The van der Waals surface area contributed by atoms with Crippen molar-refractivity contribution in [2.75, 3.05) is 13.2 Å². The summed E-state index contributed by atoms with van der Waals surface area (Å²) in [4.78, 5) is 25.7. The first kappa shape index (κ1) is 18.3. The van der Waals surface area contributed by atoms with Crippen LogP contribution in [-0.2, 0) is 19.1 Å². The van der Waals surface area contributed by atoms with E-state index in [1.165, 1.54) is 0 Å². The molecule has 0 bridgehead atoms. The van der Waals surface area contributed by atoms with Gasteiger partial charge in [-0.1, -0.05) is 20.8 Å². The summed E-state index contributed by atoms with van der Waals surface area (Å²) in [6, 6.07) is 0. The van der Waals surface area contributed by atoms with Crippen LogP contribution in [0.4, 0.5) is 0 Å². The second-order valence-electron chi connectivity index (χ2n) is 7.78. The van der Waals surface area contributed by atoms with E-state index in [1.807, 2.05) is 0 Å². The van der Waals surface area contributed by atoms with Gasteiger partial charge in [-0.15, -0.1) is 0 Å². The zero-order valence-corrected chi connectivity index (χ0v) is 15.3. The summed E-state index contributed by atoms with van der Waals surface area (Å²) in [5.74, 6) is 1.00. The van der Waals surface area contributed by atoms with Crippen LogP contribution >= 0.6 is 0 Å². The Bertz CT molecular complexity index is 438. The van der Waals surface area contributed by atoms with Crippen molar-refractivity contribution < 1.29 is 19.1 Å². The largest absolute Gasteiger partial charge is 0.465 e. The summed E-state index contributed by atoms with van der Waals surface area (Å²) < 4.78 is 10.7. The molecule has 0 aliphatic heterocycles. The summed E-state index contributed by atoms with van der Waals surface area (Å²) in [5.41, 5.74) is -1.44. The maximum absolute atomic E-state index is 12.8. The second kappa shape index (κ2) is 6.82. The highest BCUT2D eigenvalue weighted by Crippen LogP contribution is 2.64.